The molecule has 4 aliphatic carbocycles. The average Bonchev–Trinajstić information content (AvgIpc) is 3.30. The van der Waals surface area contributed by atoms with Gasteiger partial charge in [0.25, 0.3) is 5.91 Å². The molecule has 248 valence electrons. The predicted molar refractivity (Wildman–Crippen MR) is 175 cm³/mol. The fraction of sp³-hybridized carbons (Fsp3) is 0.622. The Morgan fingerprint density at radius 2 is 1.76 bits per heavy atom. The van der Waals surface area contributed by atoms with Crippen LogP contribution in [0.25, 0.3) is 0 Å². The minimum absolute atomic E-state index is 0.0731. The molecular formula is C37H49N3O6. The molecule has 1 aromatic carbocycles. The van der Waals surface area contributed by atoms with Crippen molar-refractivity contribution in [3.8, 4) is 12.3 Å². The zero-order valence-corrected chi connectivity index (χ0v) is 27.6. The van der Waals surface area contributed by atoms with Crippen LogP contribution < -0.4 is 10.6 Å². The first-order valence-corrected chi connectivity index (χ1v) is 16.8. The molecule has 1 aromatic rings. The Balaban J connectivity index is 1.16. The molecule has 0 bridgehead atoms. The molecule has 0 aliphatic heterocycles. The van der Waals surface area contributed by atoms with E-state index in [1.165, 1.54) is 5.57 Å². The van der Waals surface area contributed by atoms with Gasteiger partial charge in [-0.1, -0.05) is 74.7 Å². The molecule has 0 heterocycles. The summed E-state index contributed by atoms with van der Waals surface area (Å²) >= 11 is 0. The fourth-order valence-corrected chi connectivity index (χ4v) is 9.13. The summed E-state index contributed by atoms with van der Waals surface area (Å²) in [5.74, 6) is 1.81. The van der Waals surface area contributed by atoms with Gasteiger partial charge in [0.15, 0.2) is 6.61 Å². The number of allylic oxidation sites excluding steroid dienone is 2. The van der Waals surface area contributed by atoms with Gasteiger partial charge in [-0.3, -0.25) is 9.59 Å². The lowest BCUT2D eigenvalue weighted by atomic mass is 9.46. The quantitative estimate of drug-likeness (QED) is 0.219. The van der Waals surface area contributed by atoms with Crippen molar-refractivity contribution in [2.45, 2.75) is 103 Å². The number of carboxylic acid groups (broad SMARTS) is 1. The Bertz CT molecular complexity index is 1430. The molecule has 3 saturated carbocycles. The topological polar surface area (TPSA) is 137 Å². The van der Waals surface area contributed by atoms with E-state index in [4.69, 9.17) is 11.3 Å². The van der Waals surface area contributed by atoms with Crippen LogP contribution in [0.1, 0.15) is 84.6 Å². The number of aliphatic carboxylic acids is 1. The Morgan fingerprint density at radius 1 is 1.04 bits per heavy atom. The van der Waals surface area contributed by atoms with E-state index in [0.717, 1.165) is 56.2 Å². The summed E-state index contributed by atoms with van der Waals surface area (Å²) in [6.07, 6.45) is 15.6. The summed E-state index contributed by atoms with van der Waals surface area (Å²) in [6, 6.07) is 7.02. The number of rotatable bonds is 10. The zero-order valence-electron chi connectivity index (χ0n) is 27.6. The van der Waals surface area contributed by atoms with E-state index in [-0.39, 0.29) is 29.8 Å². The monoisotopic (exact) mass is 631 g/mol. The number of nitrogens with one attached hydrogen (secondary N) is 2. The number of fused-ring (bicyclic) bond motifs is 5. The maximum absolute atomic E-state index is 13.1. The third-order valence-electron chi connectivity index (χ3n) is 11.9. The van der Waals surface area contributed by atoms with E-state index >= 15 is 0 Å². The van der Waals surface area contributed by atoms with Gasteiger partial charge in [0.2, 0.25) is 5.91 Å². The largest absolute Gasteiger partial charge is 0.480 e. The van der Waals surface area contributed by atoms with Gasteiger partial charge in [-0.05, 0) is 92.1 Å². The minimum atomic E-state index is -1.15. The van der Waals surface area contributed by atoms with Gasteiger partial charge in [0.1, 0.15) is 17.7 Å². The lowest BCUT2D eigenvalue weighted by Gasteiger charge is -2.58. The highest BCUT2D eigenvalue weighted by molar-refractivity contribution is 5.96. The maximum atomic E-state index is 13.1. The van der Waals surface area contributed by atoms with Crippen molar-refractivity contribution in [2.24, 2.45) is 39.7 Å². The Hall–Kier alpha value is -3.64. The molecule has 5 rings (SSSR count). The van der Waals surface area contributed by atoms with Gasteiger partial charge in [0, 0.05) is 11.8 Å². The number of amides is 2. The van der Waals surface area contributed by atoms with Gasteiger partial charge < -0.3 is 25.7 Å². The summed E-state index contributed by atoms with van der Waals surface area (Å²) in [7, 11) is 0. The molecule has 4 N–H and O–H groups in total. The second-order valence-corrected chi connectivity index (χ2v) is 14.7. The number of aliphatic hydroxyl groups is 1. The van der Waals surface area contributed by atoms with E-state index in [1.54, 1.807) is 26.0 Å². The van der Waals surface area contributed by atoms with Gasteiger partial charge in [-0.25, -0.2) is 4.79 Å². The Kier molecular flexibility index (Phi) is 9.70. The number of carbonyl (C=O) groups excluding carboxylic acids is 2. The van der Waals surface area contributed by atoms with Crippen LogP contribution >= 0.6 is 0 Å². The van der Waals surface area contributed by atoms with Gasteiger partial charge in [-0.15, -0.1) is 6.42 Å². The zero-order chi connectivity index (χ0) is 33.3. The maximum Gasteiger partial charge on any atom is 0.326 e. The molecule has 0 spiro atoms. The number of carbonyl (C=O) groups is 3. The highest BCUT2D eigenvalue weighted by Gasteiger charge is 2.63. The van der Waals surface area contributed by atoms with Crippen molar-refractivity contribution >= 4 is 23.5 Å². The molecule has 0 radical (unpaired) electrons. The van der Waals surface area contributed by atoms with Crippen LogP contribution in [0.4, 0.5) is 0 Å². The second kappa shape index (κ2) is 13.2. The first-order valence-electron chi connectivity index (χ1n) is 16.8. The predicted octanol–water partition coefficient (Wildman–Crippen LogP) is 4.64. The smallest absolute Gasteiger partial charge is 0.326 e. The van der Waals surface area contributed by atoms with Crippen LogP contribution in [0.2, 0.25) is 0 Å². The summed E-state index contributed by atoms with van der Waals surface area (Å²) < 4.78 is 0. The number of carboxylic acids is 1. The van der Waals surface area contributed by atoms with Gasteiger partial charge >= 0.3 is 5.97 Å². The molecule has 8 atom stereocenters. The molecular weight excluding hydrogens is 582 g/mol. The molecule has 2 amide bonds. The number of oxime groups is 1. The third-order valence-corrected chi connectivity index (χ3v) is 11.9. The Morgan fingerprint density at radius 3 is 2.43 bits per heavy atom. The molecule has 0 aromatic heterocycles. The highest BCUT2D eigenvalue weighted by atomic mass is 16.6. The van der Waals surface area contributed by atoms with Gasteiger partial charge in [0.05, 0.1) is 5.71 Å². The van der Waals surface area contributed by atoms with Crippen molar-refractivity contribution in [1.29, 1.82) is 0 Å². The van der Waals surface area contributed by atoms with Crippen LogP contribution in [-0.2, 0) is 25.6 Å². The number of hydrogen-bond acceptors (Lipinski definition) is 6. The lowest BCUT2D eigenvalue weighted by molar-refractivity contribution is -0.142. The normalized spacial score (nSPS) is 33.8. The van der Waals surface area contributed by atoms with E-state index in [2.05, 4.69) is 41.6 Å². The SMILES string of the molecule is C#C[C@@]1(O)CC[C@@H]2[C@@H]3CCC4=C/C(=N\OCC(=O)N[C@H](C(=O)N[C@H](Cc5ccccc5)C(=O)O)C(C)C)CC[C@]4(C)[C@@H]3CC[C@@]21C. The van der Waals surface area contributed by atoms with Crippen molar-refractivity contribution in [1.82, 2.24) is 10.6 Å². The fourth-order valence-electron chi connectivity index (χ4n) is 9.13. The number of hydrogen-bond donors (Lipinski definition) is 4. The summed E-state index contributed by atoms with van der Waals surface area (Å²) in [4.78, 5) is 43.2. The van der Waals surface area contributed by atoms with Gasteiger partial charge in [-0.2, -0.15) is 0 Å². The average molecular weight is 632 g/mol. The van der Waals surface area contributed by atoms with E-state index in [9.17, 15) is 24.6 Å². The molecule has 9 nitrogen and oxygen atoms in total. The van der Waals surface area contributed by atoms with Crippen LogP contribution in [-0.4, -0.2) is 58.0 Å². The number of terminal acetylenes is 1. The first kappa shape index (κ1) is 33.7. The van der Waals surface area contributed by atoms with Crippen LogP contribution in [0.15, 0.2) is 47.1 Å². The van der Waals surface area contributed by atoms with Crippen molar-refractivity contribution in [3.63, 3.8) is 0 Å². The molecule has 4 aliphatic rings. The first-order chi connectivity index (χ1) is 21.8. The standard InChI is InChI=1S/C37H49N3O6/c1-6-37(45)19-16-29-27-13-12-25-21-26(14-17-35(25,4)28(27)15-18-36(29,37)5)40-46-22-31(41)39-32(23(2)3)33(42)38-30(34(43)44)20-24-10-8-7-9-11-24/h1,7-11,21,23,27-30,32,45H,12-20,22H2,2-5H3,(H,38,42)(H,39,41)(H,43,44)/b40-26-/t27-,28-,29-,30-,32+,35+,36+,37-/m1/s1. The highest BCUT2D eigenvalue weighted by Crippen LogP contribution is 2.67. The summed E-state index contributed by atoms with van der Waals surface area (Å²) in [5, 5.41) is 30.5. The molecule has 46 heavy (non-hydrogen) atoms. The molecule has 0 unspecified atom stereocenters. The van der Waals surface area contributed by atoms with Crippen molar-refractivity contribution < 1.29 is 29.4 Å². The van der Waals surface area contributed by atoms with Crippen LogP contribution in [0.5, 0.6) is 0 Å². The Labute approximate surface area is 272 Å². The third kappa shape index (κ3) is 6.33. The molecule has 3 fully saturated rings. The number of nitrogens with zero attached hydrogens (tertiary/aromatic N) is 1. The van der Waals surface area contributed by atoms with Crippen molar-refractivity contribution in [3.05, 3.63) is 47.5 Å². The van der Waals surface area contributed by atoms with E-state index in [0.29, 0.717) is 24.2 Å². The number of benzene rings is 1. The van der Waals surface area contributed by atoms with E-state index in [1.807, 2.05) is 18.2 Å². The summed E-state index contributed by atoms with van der Waals surface area (Å²) in [6.45, 7) is 7.82. The van der Waals surface area contributed by atoms with E-state index < -0.39 is 35.5 Å². The van der Waals surface area contributed by atoms with Crippen LogP contribution in [0.3, 0.4) is 0 Å². The summed E-state index contributed by atoms with van der Waals surface area (Å²) in [5.41, 5.74) is 1.84. The van der Waals surface area contributed by atoms with Crippen LogP contribution in [0, 0.1) is 46.8 Å². The second-order valence-electron chi connectivity index (χ2n) is 14.7. The molecule has 0 saturated heterocycles. The molecule has 9 heteroatoms. The minimum Gasteiger partial charge on any atom is -0.480 e. The lowest BCUT2D eigenvalue weighted by Crippen LogP contribution is -2.54. The van der Waals surface area contributed by atoms with Crippen molar-refractivity contribution in [2.75, 3.05) is 6.61 Å².